The zero-order chi connectivity index (χ0) is 21.1. The Balaban J connectivity index is 0.000000268. The van der Waals surface area contributed by atoms with Gasteiger partial charge in [0.1, 0.15) is 5.82 Å². The summed E-state index contributed by atoms with van der Waals surface area (Å²) < 4.78 is 30.7. The number of rotatable bonds is 5. The molecule has 2 heterocycles. The van der Waals surface area contributed by atoms with Gasteiger partial charge >= 0.3 is 0 Å². The highest BCUT2D eigenvalue weighted by atomic mass is 19.1. The summed E-state index contributed by atoms with van der Waals surface area (Å²) in [6.07, 6.45) is 2.82. The van der Waals surface area contributed by atoms with Crippen molar-refractivity contribution in [2.45, 2.75) is 13.3 Å². The van der Waals surface area contributed by atoms with Crippen molar-refractivity contribution in [1.29, 1.82) is 5.59 Å². The van der Waals surface area contributed by atoms with Crippen LogP contribution in [0.2, 0.25) is 0 Å². The number of benzene rings is 1. The van der Waals surface area contributed by atoms with Crippen molar-refractivity contribution in [2.75, 3.05) is 24.7 Å². The van der Waals surface area contributed by atoms with Crippen LogP contribution in [0.5, 0.6) is 5.88 Å². The van der Waals surface area contributed by atoms with Crippen LogP contribution in [0.1, 0.15) is 23.7 Å². The molecular formula is C17H20F2N6O3. The first-order valence-electron chi connectivity index (χ1n) is 8.05. The lowest BCUT2D eigenvalue weighted by Crippen LogP contribution is -1.98. The SMILES string of the molecule is CCCOc1n[nH]c2ncc(NC)cc12.N=O.Nc1ccc(F)c(C=O)c1F. The Hall–Kier alpha value is -3.63. The fraction of sp³-hybridized carbons (Fsp3) is 0.235. The van der Waals surface area contributed by atoms with E-state index in [1.165, 1.54) is 0 Å². The number of hydrogen-bond acceptors (Lipinski definition) is 8. The fourth-order valence-corrected chi connectivity index (χ4v) is 2.02. The van der Waals surface area contributed by atoms with Crippen molar-refractivity contribution in [3.8, 4) is 5.88 Å². The number of halogens is 2. The molecule has 0 saturated heterocycles. The van der Waals surface area contributed by atoms with Crippen LogP contribution < -0.4 is 15.8 Å². The molecule has 0 unspecified atom stereocenters. The first-order chi connectivity index (χ1) is 13.5. The van der Waals surface area contributed by atoms with Gasteiger partial charge in [-0.1, -0.05) is 12.5 Å². The minimum Gasteiger partial charge on any atom is -0.476 e. The number of nitrogens with one attached hydrogen (secondary N) is 3. The number of nitrogen functional groups attached to an aromatic ring is 1. The number of aromatic nitrogens is 3. The van der Waals surface area contributed by atoms with Gasteiger partial charge in [-0.25, -0.2) is 13.8 Å². The van der Waals surface area contributed by atoms with Crippen molar-refractivity contribution in [2.24, 2.45) is 0 Å². The Bertz CT molecular complexity index is 919. The maximum atomic E-state index is 12.7. The molecule has 5 N–H and O–H groups in total. The lowest BCUT2D eigenvalue weighted by Gasteiger charge is -2.01. The molecule has 0 saturated carbocycles. The van der Waals surface area contributed by atoms with Crippen molar-refractivity contribution < 1.29 is 18.3 Å². The average Bonchev–Trinajstić information content (AvgIpc) is 3.14. The molecule has 3 aromatic rings. The number of anilines is 2. The zero-order valence-electron chi connectivity index (χ0n) is 15.3. The number of fused-ring (bicyclic) bond motifs is 1. The summed E-state index contributed by atoms with van der Waals surface area (Å²) in [4.78, 5) is 21.8. The van der Waals surface area contributed by atoms with Gasteiger partial charge < -0.3 is 15.8 Å². The molecule has 0 atom stereocenters. The van der Waals surface area contributed by atoms with Gasteiger partial charge in [-0.05, 0) is 24.6 Å². The van der Waals surface area contributed by atoms with Gasteiger partial charge in [-0.15, -0.1) is 5.10 Å². The van der Waals surface area contributed by atoms with E-state index in [2.05, 4.69) is 33.0 Å². The van der Waals surface area contributed by atoms with Crippen LogP contribution in [0.15, 0.2) is 24.4 Å². The van der Waals surface area contributed by atoms with E-state index in [4.69, 9.17) is 15.4 Å². The predicted molar refractivity (Wildman–Crippen MR) is 101 cm³/mol. The Morgan fingerprint density at radius 1 is 1.36 bits per heavy atom. The molecule has 0 radical (unpaired) electrons. The standard InChI is InChI=1S/C10H14N4O.C7H5F2NO.HNO/c1-3-4-15-10-8-5-7(11-2)6-12-9(8)13-14-10;8-5-1-2-6(10)7(9)4(5)3-11;1-2/h5-6,11H,3-4H2,1-2H3,(H,12,13,14);1-3H,10H2;1H. The fourth-order valence-electron chi connectivity index (χ4n) is 2.02. The first kappa shape index (κ1) is 22.4. The van der Waals surface area contributed by atoms with Crippen LogP contribution in [0.3, 0.4) is 0 Å². The molecule has 0 amide bonds. The van der Waals surface area contributed by atoms with E-state index in [-0.39, 0.29) is 12.0 Å². The van der Waals surface area contributed by atoms with Gasteiger partial charge in [0.25, 0.3) is 0 Å². The van der Waals surface area contributed by atoms with Gasteiger partial charge in [0.2, 0.25) is 5.88 Å². The lowest BCUT2D eigenvalue weighted by atomic mass is 10.2. The van der Waals surface area contributed by atoms with E-state index < -0.39 is 17.2 Å². The van der Waals surface area contributed by atoms with Crippen LogP contribution in [-0.2, 0) is 0 Å². The van der Waals surface area contributed by atoms with E-state index in [9.17, 15) is 13.6 Å². The zero-order valence-corrected chi connectivity index (χ0v) is 15.3. The molecule has 0 aliphatic rings. The quantitative estimate of drug-likeness (QED) is 0.294. The topological polar surface area (TPSA) is 147 Å². The minimum absolute atomic E-state index is 0.0982. The molecule has 9 nitrogen and oxygen atoms in total. The Kier molecular flexibility index (Phi) is 8.93. The molecule has 0 aliphatic heterocycles. The van der Waals surface area contributed by atoms with E-state index in [0.29, 0.717) is 12.5 Å². The van der Waals surface area contributed by atoms with Crippen LogP contribution in [-0.4, -0.2) is 35.1 Å². The summed E-state index contributed by atoms with van der Waals surface area (Å²) in [5, 5.41) is 10.9. The highest BCUT2D eigenvalue weighted by Gasteiger charge is 2.10. The monoisotopic (exact) mass is 394 g/mol. The second-order valence-electron chi connectivity index (χ2n) is 5.23. The molecule has 28 heavy (non-hydrogen) atoms. The second-order valence-corrected chi connectivity index (χ2v) is 5.23. The van der Waals surface area contributed by atoms with Crippen molar-refractivity contribution in [1.82, 2.24) is 15.2 Å². The molecule has 0 fully saturated rings. The Morgan fingerprint density at radius 3 is 2.64 bits per heavy atom. The number of ether oxygens (including phenoxy) is 1. The van der Waals surface area contributed by atoms with Gasteiger partial charge in [0, 0.05) is 7.05 Å². The van der Waals surface area contributed by atoms with E-state index in [1.807, 2.05) is 13.1 Å². The highest BCUT2D eigenvalue weighted by Crippen LogP contribution is 2.23. The van der Waals surface area contributed by atoms with Gasteiger partial charge in [-0.2, -0.15) is 4.91 Å². The Morgan fingerprint density at radius 2 is 2.07 bits per heavy atom. The number of nitroso groups, excluding NO2 is 1. The van der Waals surface area contributed by atoms with Crippen molar-refractivity contribution in [3.63, 3.8) is 0 Å². The maximum absolute atomic E-state index is 12.7. The number of pyridine rings is 1. The maximum Gasteiger partial charge on any atom is 0.242 e. The van der Waals surface area contributed by atoms with Crippen LogP contribution in [0, 0.1) is 22.1 Å². The summed E-state index contributed by atoms with van der Waals surface area (Å²) >= 11 is 0. The molecule has 0 bridgehead atoms. The molecule has 150 valence electrons. The molecule has 2 aromatic heterocycles. The third-order valence-corrected chi connectivity index (χ3v) is 3.39. The number of carbonyl (C=O) groups is 1. The van der Waals surface area contributed by atoms with E-state index >= 15 is 0 Å². The highest BCUT2D eigenvalue weighted by molar-refractivity contribution is 5.83. The summed E-state index contributed by atoms with van der Waals surface area (Å²) in [6, 6.07) is 3.98. The number of aromatic amines is 1. The normalized spacial score (nSPS) is 9.57. The first-order valence-corrected chi connectivity index (χ1v) is 8.05. The number of hydrogen-bond donors (Lipinski definition) is 4. The molecule has 1 aromatic carbocycles. The molecule has 11 heteroatoms. The number of H-pyrrole nitrogens is 1. The third-order valence-electron chi connectivity index (χ3n) is 3.39. The van der Waals surface area contributed by atoms with Gasteiger partial charge in [0.15, 0.2) is 17.8 Å². The minimum atomic E-state index is -1.000. The summed E-state index contributed by atoms with van der Waals surface area (Å²) in [5.41, 5.74) is 10.4. The summed E-state index contributed by atoms with van der Waals surface area (Å²) in [5.74, 6) is -1.27. The predicted octanol–water partition coefficient (Wildman–Crippen LogP) is 3.48. The molecule has 0 aliphatic carbocycles. The third kappa shape index (κ3) is 5.43. The number of aldehydes is 1. The largest absolute Gasteiger partial charge is 0.476 e. The van der Waals surface area contributed by atoms with Crippen LogP contribution >= 0.6 is 0 Å². The summed E-state index contributed by atoms with van der Waals surface area (Å²) in [7, 11) is 1.86. The number of nitrogens with zero attached hydrogens (tertiary/aromatic N) is 2. The summed E-state index contributed by atoms with van der Waals surface area (Å²) in [6.45, 7) is 2.73. The molecule has 3 rings (SSSR count). The smallest absolute Gasteiger partial charge is 0.242 e. The second kappa shape index (κ2) is 11.2. The van der Waals surface area contributed by atoms with Gasteiger partial charge in [0.05, 0.1) is 35.1 Å². The van der Waals surface area contributed by atoms with Crippen molar-refractivity contribution in [3.05, 3.63) is 46.5 Å². The molecule has 0 spiro atoms. The van der Waals surface area contributed by atoms with Gasteiger partial charge in [-0.3, -0.25) is 9.89 Å². The Labute approximate surface area is 159 Å². The average molecular weight is 394 g/mol. The van der Waals surface area contributed by atoms with E-state index in [0.717, 1.165) is 35.3 Å². The number of carbonyl (C=O) groups excluding carboxylic acids is 1. The number of nitrogens with two attached hydrogens (primary N) is 1. The van der Waals surface area contributed by atoms with E-state index in [1.54, 1.807) is 6.20 Å². The van der Waals surface area contributed by atoms with Crippen LogP contribution in [0.4, 0.5) is 20.2 Å². The van der Waals surface area contributed by atoms with Crippen molar-refractivity contribution >= 4 is 28.7 Å². The molecular weight excluding hydrogens is 374 g/mol. The van der Waals surface area contributed by atoms with Crippen LogP contribution in [0.25, 0.3) is 11.0 Å². The lowest BCUT2D eigenvalue weighted by molar-refractivity contribution is 0.111.